The Hall–Kier alpha value is -12.6. The quantitative estimate of drug-likeness (QED) is 0.0274. The molecule has 1 fully saturated rings. The van der Waals surface area contributed by atoms with Gasteiger partial charge in [0.05, 0.1) is 70.7 Å². The first-order valence-electron chi connectivity index (χ1n) is 39.1. The summed E-state index contributed by atoms with van der Waals surface area (Å²) in [6.45, 7) is 1.80. The van der Waals surface area contributed by atoms with E-state index in [0.717, 1.165) is 11.8 Å². The molecule has 684 valence electrons. The molecule has 33 N–H and O–H groups in total. The molecule has 50 heteroatoms. The number of nitrogens with two attached hydrogens (primary N) is 5. The van der Waals surface area contributed by atoms with Gasteiger partial charge in [-0.25, -0.2) is 9.78 Å². The first-order chi connectivity index (χ1) is 57.9. The lowest BCUT2D eigenvalue weighted by Crippen LogP contribution is -2.62. The van der Waals surface area contributed by atoms with Crippen molar-refractivity contribution in [2.24, 2.45) is 40.5 Å². The van der Waals surface area contributed by atoms with E-state index in [-0.39, 0.29) is 81.0 Å². The van der Waals surface area contributed by atoms with Gasteiger partial charge in [0, 0.05) is 37.7 Å². The van der Waals surface area contributed by atoms with Gasteiger partial charge in [-0.15, -0.1) is 0 Å². The van der Waals surface area contributed by atoms with Crippen LogP contribution in [0.4, 0.5) is 0 Å². The minimum atomic E-state index is -2.16. The number of aliphatic carboxylic acids is 2. The number of carbonyl (C=O) groups excluding carboxylic acids is 18. The van der Waals surface area contributed by atoms with Crippen molar-refractivity contribution in [3.63, 3.8) is 0 Å². The second-order valence-corrected chi connectivity index (χ2v) is 29.4. The van der Waals surface area contributed by atoms with Crippen LogP contribution in [0.15, 0.2) is 36.8 Å². The van der Waals surface area contributed by atoms with Gasteiger partial charge in [0.2, 0.25) is 106 Å². The van der Waals surface area contributed by atoms with Crippen molar-refractivity contribution in [1.29, 1.82) is 0 Å². The maximum absolute atomic E-state index is 14.6. The van der Waals surface area contributed by atoms with E-state index >= 15 is 0 Å². The van der Waals surface area contributed by atoms with Gasteiger partial charge in [-0.05, 0) is 87.9 Å². The molecule has 0 radical (unpaired) electrons. The van der Waals surface area contributed by atoms with Gasteiger partial charge in [0.15, 0.2) is 0 Å². The summed E-state index contributed by atoms with van der Waals surface area (Å²) >= 11 is 0. The number of carboxylic acid groups (broad SMARTS) is 2. The van der Waals surface area contributed by atoms with Crippen molar-refractivity contribution in [3.8, 4) is 5.75 Å². The normalized spacial score (nSPS) is 16.3. The highest BCUT2D eigenvalue weighted by Crippen LogP contribution is 2.21. The van der Waals surface area contributed by atoms with Gasteiger partial charge < -0.3 is 154 Å². The fourth-order valence-corrected chi connectivity index (χ4v) is 12.1. The lowest BCUT2D eigenvalue weighted by Gasteiger charge is -2.31. The van der Waals surface area contributed by atoms with Crippen LogP contribution in [0.5, 0.6) is 5.75 Å². The number of nitrogens with zero attached hydrogens (tertiary/aromatic N) is 2. The smallest absolute Gasteiger partial charge is 0.328 e. The zero-order chi connectivity index (χ0) is 92.7. The molecule has 50 nitrogen and oxygen atoms in total. The van der Waals surface area contributed by atoms with Crippen LogP contribution in [0.3, 0.4) is 0 Å². The number of nitrogens with one attached hydrogen (secondary N) is 15. The standard InChI is InChI=1S/C73H114N22O28/c1-6-34(4)57(93-59(108)39(75)16-17-56(106)107)70(119)87-44(23-52(76)102)66(115)86-43(22-37-26-79-32-81-37)64(113)90-47(28-96)60(109)80-27-55(105)82-48(29-97)68(117)94-58(35(5)100)71(120)88-45(24-53(77)103)65(114)85-42(21-36-12-14-38(101)15-13-36)63(112)89-46(25-54(78)104)72(121)95-19-9-11-51(95)69(118)91-49(30-98)67(116)84-41(20-33(2)3)62(111)83-40(10-7-8-18-74)61(110)92-50(31-99)73(122)123/h12-15,26,32-35,39-51,57-58,96-101H,6-11,16-25,27-31,74-75H2,1-5H3,(H2,76,102)(H2,77,103)(H2,78,104)(H,79,81)(H,80,109)(H,82,105)(H,83,111)(H,84,116)(H,85,114)(H,86,115)(H,87,119)(H,88,120)(H,89,112)(H,90,113)(H,91,118)(H,92,110)(H,93,108)(H,94,117)(H,106,107)(H,122,123)/t34-,35+,39-,40-,41-,42-,43-,44-,45-,46-,47-,48-,49-,50-,51-,57-,58-/m0/s1. The summed E-state index contributed by atoms with van der Waals surface area (Å²) < 4.78 is 0. The number of hydrogen-bond acceptors (Lipinski definition) is 29. The predicted molar refractivity (Wildman–Crippen MR) is 423 cm³/mol. The first-order valence-corrected chi connectivity index (χ1v) is 39.1. The lowest BCUT2D eigenvalue weighted by atomic mass is 9.97. The number of amides is 18. The molecule has 1 saturated heterocycles. The molecule has 0 saturated carbocycles. The third kappa shape index (κ3) is 35.9. The van der Waals surface area contributed by atoms with E-state index in [1.54, 1.807) is 27.7 Å². The molecule has 123 heavy (non-hydrogen) atoms. The van der Waals surface area contributed by atoms with Crippen LogP contribution < -0.4 is 103 Å². The van der Waals surface area contributed by atoms with Crippen molar-refractivity contribution in [2.45, 2.75) is 221 Å². The fourth-order valence-electron chi connectivity index (χ4n) is 12.1. The minimum absolute atomic E-state index is 0.0570. The van der Waals surface area contributed by atoms with Gasteiger partial charge in [0.1, 0.15) is 90.3 Å². The third-order valence-electron chi connectivity index (χ3n) is 19.0. The third-order valence-corrected chi connectivity index (χ3v) is 19.0. The Morgan fingerprint density at radius 3 is 1.46 bits per heavy atom. The number of phenolic OH excluding ortho intramolecular Hbond substituents is 1. The number of aliphatic hydroxyl groups is 5. The van der Waals surface area contributed by atoms with Crippen molar-refractivity contribution in [3.05, 3.63) is 48.0 Å². The van der Waals surface area contributed by atoms with Crippen molar-refractivity contribution >= 4 is 118 Å². The summed E-state index contributed by atoms with van der Waals surface area (Å²) in [6, 6.07) is -21.5. The number of likely N-dealkylation sites (tertiary alicyclic amines) is 1. The molecule has 2 heterocycles. The summed E-state index contributed by atoms with van der Waals surface area (Å²) in [4.78, 5) is 275. The first kappa shape index (κ1) is 105. The van der Waals surface area contributed by atoms with E-state index in [0.29, 0.717) is 6.42 Å². The summed E-state index contributed by atoms with van der Waals surface area (Å²) in [7, 11) is 0. The predicted octanol–water partition coefficient (Wildman–Crippen LogP) is -13.2. The van der Waals surface area contributed by atoms with Crippen LogP contribution >= 0.6 is 0 Å². The topological polar surface area (TPSA) is 834 Å². The SMILES string of the molecule is CC[C@H](C)[C@H](NC(=O)[C@@H](N)CCC(=O)O)C(=O)N[C@@H](CC(N)=O)C(=O)N[C@@H](Cc1cnc[nH]1)C(=O)N[C@@H](CO)C(=O)NCC(=O)N[C@@H](CO)C(=O)N[C@H](C(=O)N[C@@H](CC(N)=O)C(=O)N[C@@H](Cc1ccc(O)cc1)C(=O)N[C@@H](CC(N)=O)C(=O)N1CCC[C@H]1C(=O)N[C@@H](CO)C(=O)N[C@@H](CC(C)C)C(=O)N[C@@H](CCCCN)C(=O)N[C@@H](CO)C(=O)O)[C@@H](C)O. The zero-order valence-corrected chi connectivity index (χ0v) is 68.2. The highest BCUT2D eigenvalue weighted by atomic mass is 16.4. The summed E-state index contributed by atoms with van der Waals surface area (Å²) in [5.74, 6) is -25.5. The monoisotopic (exact) mass is 1750 g/mol. The van der Waals surface area contributed by atoms with Crippen molar-refractivity contribution < 1.29 is 137 Å². The maximum atomic E-state index is 14.6. The van der Waals surface area contributed by atoms with Crippen LogP contribution in [0.1, 0.15) is 123 Å². The Morgan fingerprint density at radius 1 is 0.512 bits per heavy atom. The summed E-state index contributed by atoms with van der Waals surface area (Å²) in [6.07, 6.45) is -3.54. The van der Waals surface area contributed by atoms with Crippen LogP contribution in [0.2, 0.25) is 0 Å². The average molecular weight is 1750 g/mol. The Labute approximate surface area is 703 Å². The van der Waals surface area contributed by atoms with Crippen molar-refractivity contribution in [2.75, 3.05) is 46.1 Å². The maximum Gasteiger partial charge on any atom is 0.328 e. The minimum Gasteiger partial charge on any atom is -0.508 e. The molecule has 0 bridgehead atoms. The number of H-pyrrole nitrogens is 1. The number of carboxylic acids is 2. The molecular weight excluding hydrogens is 1630 g/mol. The van der Waals surface area contributed by atoms with E-state index in [4.69, 9.17) is 33.8 Å². The molecule has 1 aromatic heterocycles. The van der Waals surface area contributed by atoms with E-state index in [1.165, 1.54) is 36.8 Å². The largest absolute Gasteiger partial charge is 0.508 e. The van der Waals surface area contributed by atoms with Crippen LogP contribution in [0, 0.1) is 11.8 Å². The average Bonchev–Trinajstić information content (AvgIpc) is 1.76. The van der Waals surface area contributed by atoms with Gasteiger partial charge in [-0.2, -0.15) is 0 Å². The number of aromatic nitrogens is 2. The van der Waals surface area contributed by atoms with Crippen molar-refractivity contribution in [1.82, 2.24) is 89.3 Å². The molecule has 1 aliphatic rings. The highest BCUT2D eigenvalue weighted by molar-refractivity contribution is 6.02. The second-order valence-electron chi connectivity index (χ2n) is 29.4. The van der Waals surface area contributed by atoms with Gasteiger partial charge in [-0.3, -0.25) is 91.1 Å². The van der Waals surface area contributed by atoms with E-state index in [2.05, 4.69) is 73.8 Å². The van der Waals surface area contributed by atoms with E-state index in [1.807, 2.05) is 10.6 Å². The molecule has 3 rings (SSSR count). The number of primary amides is 3. The Morgan fingerprint density at radius 2 is 0.959 bits per heavy atom. The zero-order valence-electron chi connectivity index (χ0n) is 68.2. The van der Waals surface area contributed by atoms with E-state index < -0.39 is 292 Å². The number of carbonyl (C=O) groups is 20. The van der Waals surface area contributed by atoms with Crippen LogP contribution in [-0.4, -0.2) is 317 Å². The number of rotatable bonds is 56. The van der Waals surface area contributed by atoms with Gasteiger partial charge >= 0.3 is 11.9 Å². The van der Waals surface area contributed by atoms with Crippen LogP contribution in [-0.2, 0) is 109 Å². The molecule has 2 aromatic rings. The number of imidazole rings is 1. The highest BCUT2D eigenvalue weighted by Gasteiger charge is 2.43. The van der Waals surface area contributed by atoms with Crippen LogP contribution in [0.25, 0.3) is 0 Å². The second kappa shape index (κ2) is 52.5. The molecule has 17 atom stereocenters. The molecule has 0 unspecified atom stereocenters. The summed E-state index contributed by atoms with van der Waals surface area (Å²) in [5.41, 5.74) is 28.3. The molecule has 0 spiro atoms. The lowest BCUT2D eigenvalue weighted by molar-refractivity contribution is -0.144. The van der Waals surface area contributed by atoms with Gasteiger partial charge in [-0.1, -0.05) is 46.2 Å². The number of unbranched alkanes of at least 4 members (excludes halogenated alkanes) is 1. The number of aromatic amines is 1. The molecule has 18 amide bonds. The number of aliphatic hydroxyl groups excluding tert-OH is 5. The van der Waals surface area contributed by atoms with E-state index in [9.17, 15) is 132 Å². The molecule has 0 aliphatic carbocycles. The Bertz CT molecular complexity index is 4010. The molecule has 1 aliphatic heterocycles. The number of hydrogen-bond donors (Lipinski definition) is 28. The Balaban J connectivity index is 1.82. The van der Waals surface area contributed by atoms with Gasteiger partial charge in [0.25, 0.3) is 0 Å². The molecular formula is C73H114N22O28. The molecule has 1 aromatic carbocycles. The fraction of sp³-hybridized carbons (Fsp3) is 0.603. The summed E-state index contributed by atoms with van der Waals surface area (Å²) in [5, 5.41) is 111. The number of aromatic hydroxyl groups is 1. The Kier molecular flexibility index (Phi) is 44.6. The number of benzene rings is 1. The number of phenols is 1.